The van der Waals surface area contributed by atoms with E-state index in [2.05, 4.69) is 107 Å². The Bertz CT molecular complexity index is 1280. The first-order chi connectivity index (χ1) is 15.4. The first-order valence-corrected chi connectivity index (χ1v) is 11.3. The molecule has 2 nitrogen and oxygen atoms in total. The highest BCUT2D eigenvalue weighted by molar-refractivity contribution is 6.09. The molecule has 152 valence electrons. The zero-order valence-electron chi connectivity index (χ0n) is 17.6. The lowest BCUT2D eigenvalue weighted by atomic mass is 9.95. The number of nitrogens with zero attached hydrogens (tertiary/aromatic N) is 1. The van der Waals surface area contributed by atoms with E-state index in [9.17, 15) is 0 Å². The standard InChI is InChI=1S/C29H26N2/c1-3-10-28-25(7-1)26-8-2-4-11-29(26)31(28)24-18-16-22(17-19-24)21-12-14-23(15-13-21)27-9-5-6-20-30-27/h1-4,7-8,10-19,27,30H,5-6,9,20H2. The van der Waals surface area contributed by atoms with Crippen molar-refractivity contribution in [1.29, 1.82) is 0 Å². The van der Waals surface area contributed by atoms with E-state index >= 15 is 0 Å². The minimum atomic E-state index is 0.514. The van der Waals surface area contributed by atoms with Gasteiger partial charge in [0.2, 0.25) is 0 Å². The number of aromatic nitrogens is 1. The van der Waals surface area contributed by atoms with Gasteiger partial charge in [-0.25, -0.2) is 0 Å². The van der Waals surface area contributed by atoms with Gasteiger partial charge in [0.1, 0.15) is 0 Å². The quantitative estimate of drug-likeness (QED) is 0.336. The van der Waals surface area contributed by atoms with E-state index in [-0.39, 0.29) is 0 Å². The molecule has 1 N–H and O–H groups in total. The van der Waals surface area contributed by atoms with Gasteiger partial charge in [-0.05, 0) is 60.3 Å². The summed E-state index contributed by atoms with van der Waals surface area (Å²) in [4.78, 5) is 0. The van der Waals surface area contributed by atoms with E-state index in [1.165, 1.54) is 63.4 Å². The zero-order valence-corrected chi connectivity index (χ0v) is 17.6. The molecule has 4 aromatic carbocycles. The summed E-state index contributed by atoms with van der Waals surface area (Å²) in [7, 11) is 0. The summed E-state index contributed by atoms with van der Waals surface area (Å²) in [6.45, 7) is 1.14. The Labute approximate surface area is 183 Å². The van der Waals surface area contributed by atoms with Gasteiger partial charge in [0.15, 0.2) is 0 Å². The third-order valence-corrected chi connectivity index (χ3v) is 6.66. The molecular weight excluding hydrogens is 376 g/mol. The Morgan fingerprint density at radius 2 is 1.19 bits per heavy atom. The molecule has 2 heteroatoms. The molecule has 0 bridgehead atoms. The van der Waals surface area contributed by atoms with Crippen LogP contribution in [0.3, 0.4) is 0 Å². The van der Waals surface area contributed by atoms with Gasteiger partial charge in [0.25, 0.3) is 0 Å². The molecule has 6 rings (SSSR count). The smallest absolute Gasteiger partial charge is 0.0541 e. The molecule has 1 unspecified atom stereocenters. The highest BCUT2D eigenvalue weighted by Crippen LogP contribution is 2.33. The Morgan fingerprint density at radius 3 is 1.77 bits per heavy atom. The Kier molecular flexibility index (Phi) is 4.58. The predicted molar refractivity (Wildman–Crippen MR) is 131 cm³/mol. The number of nitrogens with one attached hydrogen (secondary N) is 1. The molecule has 1 saturated heterocycles. The Balaban J connectivity index is 1.36. The van der Waals surface area contributed by atoms with Crippen molar-refractivity contribution in [2.24, 2.45) is 0 Å². The van der Waals surface area contributed by atoms with Gasteiger partial charge in [-0.2, -0.15) is 0 Å². The molecule has 0 spiro atoms. The van der Waals surface area contributed by atoms with Crippen LogP contribution in [0.1, 0.15) is 30.9 Å². The third-order valence-electron chi connectivity index (χ3n) is 6.66. The van der Waals surface area contributed by atoms with Crippen molar-refractivity contribution in [2.45, 2.75) is 25.3 Å². The average molecular weight is 403 g/mol. The summed E-state index contributed by atoms with van der Waals surface area (Å²) in [5, 5.41) is 6.24. The Hall–Kier alpha value is -3.36. The van der Waals surface area contributed by atoms with Gasteiger partial charge < -0.3 is 9.88 Å². The zero-order chi connectivity index (χ0) is 20.6. The van der Waals surface area contributed by atoms with E-state index in [1.54, 1.807) is 0 Å². The SMILES string of the molecule is c1ccc2c(c1)c1ccccc1n2-c1ccc(-c2ccc(C3CCCCN3)cc2)cc1. The van der Waals surface area contributed by atoms with Crippen LogP contribution >= 0.6 is 0 Å². The van der Waals surface area contributed by atoms with Crippen LogP contribution in [0.25, 0.3) is 38.6 Å². The number of para-hydroxylation sites is 2. The van der Waals surface area contributed by atoms with Crippen LogP contribution in [-0.2, 0) is 0 Å². The van der Waals surface area contributed by atoms with Gasteiger partial charge in [-0.3, -0.25) is 0 Å². The highest BCUT2D eigenvalue weighted by atomic mass is 15.0. The highest BCUT2D eigenvalue weighted by Gasteiger charge is 2.15. The summed E-state index contributed by atoms with van der Waals surface area (Å²) >= 11 is 0. The summed E-state index contributed by atoms with van der Waals surface area (Å²) in [6, 6.07) is 35.9. The largest absolute Gasteiger partial charge is 0.310 e. The minimum Gasteiger partial charge on any atom is -0.310 e. The summed E-state index contributed by atoms with van der Waals surface area (Å²) in [5.74, 6) is 0. The molecule has 5 aromatic rings. The summed E-state index contributed by atoms with van der Waals surface area (Å²) in [6.07, 6.45) is 3.86. The summed E-state index contributed by atoms with van der Waals surface area (Å²) < 4.78 is 2.37. The molecular formula is C29H26N2. The second-order valence-corrected chi connectivity index (χ2v) is 8.54. The van der Waals surface area contributed by atoms with Gasteiger partial charge in [0, 0.05) is 22.5 Å². The number of benzene rings is 4. The monoisotopic (exact) mass is 402 g/mol. The van der Waals surface area contributed by atoms with Gasteiger partial charge in [-0.15, -0.1) is 0 Å². The van der Waals surface area contributed by atoms with E-state index in [4.69, 9.17) is 0 Å². The number of hydrogen-bond acceptors (Lipinski definition) is 1. The molecule has 2 heterocycles. The van der Waals surface area contributed by atoms with Crippen molar-refractivity contribution in [3.8, 4) is 16.8 Å². The van der Waals surface area contributed by atoms with Crippen LogP contribution in [-0.4, -0.2) is 11.1 Å². The van der Waals surface area contributed by atoms with Gasteiger partial charge in [0.05, 0.1) is 11.0 Å². The van der Waals surface area contributed by atoms with Crippen LogP contribution in [0.4, 0.5) is 0 Å². The van der Waals surface area contributed by atoms with Gasteiger partial charge >= 0.3 is 0 Å². The second-order valence-electron chi connectivity index (χ2n) is 8.54. The fraction of sp³-hybridized carbons (Fsp3) is 0.172. The fourth-order valence-electron chi connectivity index (χ4n) is 5.05. The molecule has 1 aliphatic rings. The lowest BCUT2D eigenvalue weighted by molar-refractivity contribution is 0.412. The van der Waals surface area contributed by atoms with Gasteiger partial charge in [-0.1, -0.05) is 79.2 Å². The summed E-state index contributed by atoms with van der Waals surface area (Å²) in [5.41, 5.74) is 7.64. The molecule has 1 fully saturated rings. The van der Waals surface area contributed by atoms with Crippen molar-refractivity contribution in [1.82, 2.24) is 9.88 Å². The molecule has 1 aromatic heterocycles. The van der Waals surface area contributed by atoms with Crippen LogP contribution in [0.15, 0.2) is 97.1 Å². The number of piperidine rings is 1. The maximum absolute atomic E-state index is 3.64. The van der Waals surface area contributed by atoms with E-state index < -0.39 is 0 Å². The molecule has 1 aliphatic heterocycles. The fourth-order valence-corrected chi connectivity index (χ4v) is 5.05. The van der Waals surface area contributed by atoms with Crippen LogP contribution in [0, 0.1) is 0 Å². The van der Waals surface area contributed by atoms with E-state index in [0.717, 1.165) is 6.54 Å². The molecule has 0 amide bonds. The van der Waals surface area contributed by atoms with E-state index in [1.807, 2.05) is 0 Å². The first kappa shape index (κ1) is 18.4. The van der Waals surface area contributed by atoms with Crippen molar-refractivity contribution < 1.29 is 0 Å². The maximum atomic E-state index is 3.64. The Morgan fingerprint density at radius 1 is 0.613 bits per heavy atom. The lowest BCUT2D eigenvalue weighted by Crippen LogP contribution is -2.26. The topological polar surface area (TPSA) is 17.0 Å². The maximum Gasteiger partial charge on any atom is 0.0541 e. The van der Waals surface area contributed by atoms with E-state index in [0.29, 0.717) is 6.04 Å². The van der Waals surface area contributed by atoms with Crippen LogP contribution < -0.4 is 5.32 Å². The molecule has 0 aliphatic carbocycles. The lowest BCUT2D eigenvalue weighted by Gasteiger charge is -2.24. The number of rotatable bonds is 3. The number of fused-ring (bicyclic) bond motifs is 3. The molecule has 0 radical (unpaired) electrons. The molecule has 0 saturated carbocycles. The average Bonchev–Trinajstić information content (AvgIpc) is 3.19. The van der Waals surface area contributed by atoms with Crippen LogP contribution in [0.2, 0.25) is 0 Å². The third kappa shape index (κ3) is 3.24. The van der Waals surface area contributed by atoms with Crippen molar-refractivity contribution >= 4 is 21.8 Å². The van der Waals surface area contributed by atoms with Crippen LogP contribution in [0.5, 0.6) is 0 Å². The predicted octanol–water partition coefficient (Wildman–Crippen LogP) is 7.27. The van der Waals surface area contributed by atoms with Crippen molar-refractivity contribution in [3.63, 3.8) is 0 Å². The second kappa shape index (κ2) is 7.72. The molecule has 1 atom stereocenters. The normalized spacial score (nSPS) is 16.7. The molecule has 31 heavy (non-hydrogen) atoms. The minimum absolute atomic E-state index is 0.514. The first-order valence-electron chi connectivity index (χ1n) is 11.3. The number of hydrogen-bond donors (Lipinski definition) is 1. The van der Waals surface area contributed by atoms with Crippen molar-refractivity contribution in [3.05, 3.63) is 103 Å². The van der Waals surface area contributed by atoms with Crippen molar-refractivity contribution in [2.75, 3.05) is 6.54 Å².